The van der Waals surface area contributed by atoms with E-state index < -0.39 is 0 Å². The van der Waals surface area contributed by atoms with Gasteiger partial charge in [-0.2, -0.15) is 0 Å². The van der Waals surface area contributed by atoms with Crippen molar-refractivity contribution in [2.45, 2.75) is 26.7 Å². The van der Waals surface area contributed by atoms with Crippen LogP contribution in [0.15, 0.2) is 42.5 Å². The number of imidazole rings is 1. The molecule has 0 fully saturated rings. The lowest BCUT2D eigenvalue weighted by atomic mass is 10.1. The molecule has 0 saturated carbocycles. The molecule has 2 aromatic carbocycles. The molecule has 0 amide bonds. The lowest BCUT2D eigenvalue weighted by molar-refractivity contribution is 0.907. The van der Waals surface area contributed by atoms with Gasteiger partial charge in [-0.05, 0) is 42.3 Å². The van der Waals surface area contributed by atoms with Gasteiger partial charge in [0, 0.05) is 17.1 Å². The second kappa shape index (κ2) is 5.29. The van der Waals surface area contributed by atoms with Crippen LogP contribution in [0.5, 0.6) is 0 Å². The highest BCUT2D eigenvalue weighted by molar-refractivity contribution is 6.31. The van der Waals surface area contributed by atoms with E-state index in [-0.39, 0.29) is 0 Å². The maximum absolute atomic E-state index is 6.06. The van der Waals surface area contributed by atoms with E-state index in [1.165, 1.54) is 5.56 Å². The highest BCUT2D eigenvalue weighted by atomic mass is 35.5. The Kier molecular flexibility index (Phi) is 3.49. The first-order chi connectivity index (χ1) is 9.72. The summed E-state index contributed by atoms with van der Waals surface area (Å²) in [4.78, 5) is 4.69. The van der Waals surface area contributed by atoms with E-state index in [2.05, 4.69) is 47.7 Å². The van der Waals surface area contributed by atoms with Crippen molar-refractivity contribution in [2.24, 2.45) is 0 Å². The van der Waals surface area contributed by atoms with Crippen molar-refractivity contribution in [1.29, 1.82) is 0 Å². The molecule has 3 rings (SSSR count). The van der Waals surface area contributed by atoms with Crippen LogP contribution in [0.3, 0.4) is 0 Å². The van der Waals surface area contributed by atoms with Gasteiger partial charge in [-0.25, -0.2) is 4.98 Å². The molecule has 0 aliphatic carbocycles. The molecule has 1 heterocycles. The monoisotopic (exact) mass is 284 g/mol. The van der Waals surface area contributed by atoms with Crippen LogP contribution in [-0.4, -0.2) is 9.55 Å². The summed E-state index contributed by atoms with van der Waals surface area (Å²) in [6.45, 7) is 4.29. The lowest BCUT2D eigenvalue weighted by Gasteiger charge is -2.09. The van der Waals surface area contributed by atoms with Crippen LogP contribution in [0.2, 0.25) is 5.02 Å². The van der Waals surface area contributed by atoms with Crippen molar-refractivity contribution in [1.82, 2.24) is 9.55 Å². The standard InChI is InChI=1S/C17H17ClN2/c1-3-12-5-8-14(9-6-12)20-16-10-7-13(18)11-15(16)19-17(20)4-2/h5-11H,3-4H2,1-2H3. The Balaban J connectivity index is 2.22. The Morgan fingerprint density at radius 2 is 1.75 bits per heavy atom. The third-order valence-electron chi connectivity index (χ3n) is 3.61. The highest BCUT2D eigenvalue weighted by Gasteiger charge is 2.11. The van der Waals surface area contributed by atoms with Gasteiger partial charge < -0.3 is 0 Å². The Bertz CT molecular complexity index is 742. The van der Waals surface area contributed by atoms with Gasteiger partial charge in [-0.1, -0.05) is 37.6 Å². The van der Waals surface area contributed by atoms with Crippen molar-refractivity contribution < 1.29 is 0 Å². The fourth-order valence-corrected chi connectivity index (χ4v) is 2.68. The van der Waals surface area contributed by atoms with Crippen molar-refractivity contribution in [3.05, 3.63) is 58.9 Å². The number of fused-ring (bicyclic) bond motifs is 1. The molecule has 0 aliphatic rings. The number of benzene rings is 2. The fraction of sp³-hybridized carbons (Fsp3) is 0.235. The number of aryl methyl sites for hydroxylation is 2. The average molecular weight is 285 g/mol. The van der Waals surface area contributed by atoms with Crippen molar-refractivity contribution in [2.75, 3.05) is 0 Å². The van der Waals surface area contributed by atoms with Crippen molar-refractivity contribution >= 4 is 22.6 Å². The summed E-state index contributed by atoms with van der Waals surface area (Å²) < 4.78 is 2.21. The maximum atomic E-state index is 6.06. The normalized spacial score (nSPS) is 11.2. The van der Waals surface area contributed by atoms with Gasteiger partial charge in [0.1, 0.15) is 5.82 Å². The number of hydrogen-bond acceptors (Lipinski definition) is 1. The van der Waals surface area contributed by atoms with Gasteiger partial charge in [0.05, 0.1) is 11.0 Å². The van der Waals surface area contributed by atoms with Crippen LogP contribution in [0.25, 0.3) is 16.7 Å². The third kappa shape index (κ3) is 2.20. The molecule has 0 aliphatic heterocycles. The molecule has 3 aromatic rings. The summed E-state index contributed by atoms with van der Waals surface area (Å²) in [6.07, 6.45) is 1.95. The van der Waals surface area contributed by atoms with E-state index >= 15 is 0 Å². The molecule has 3 heteroatoms. The van der Waals surface area contributed by atoms with Crippen LogP contribution in [-0.2, 0) is 12.8 Å². The van der Waals surface area contributed by atoms with Crippen LogP contribution >= 0.6 is 11.6 Å². The highest BCUT2D eigenvalue weighted by Crippen LogP contribution is 2.24. The Morgan fingerprint density at radius 1 is 1.00 bits per heavy atom. The Hall–Kier alpha value is -1.80. The SMILES string of the molecule is CCc1ccc(-n2c(CC)nc3cc(Cl)ccc32)cc1. The number of aromatic nitrogens is 2. The molecule has 0 N–H and O–H groups in total. The van der Waals surface area contributed by atoms with Crippen molar-refractivity contribution in [3.63, 3.8) is 0 Å². The van der Waals surface area contributed by atoms with Crippen molar-refractivity contribution in [3.8, 4) is 5.69 Å². The Labute approximate surface area is 124 Å². The van der Waals surface area contributed by atoms with E-state index in [0.717, 1.165) is 40.4 Å². The van der Waals surface area contributed by atoms with E-state index in [1.54, 1.807) is 0 Å². The minimum Gasteiger partial charge on any atom is -0.296 e. The van der Waals surface area contributed by atoms with Gasteiger partial charge in [0.2, 0.25) is 0 Å². The van der Waals surface area contributed by atoms with Gasteiger partial charge in [0.25, 0.3) is 0 Å². The van der Waals surface area contributed by atoms with E-state index in [0.29, 0.717) is 0 Å². The number of nitrogens with zero attached hydrogens (tertiary/aromatic N) is 2. The van der Waals surface area contributed by atoms with Crippen LogP contribution in [0.4, 0.5) is 0 Å². The van der Waals surface area contributed by atoms with Crippen LogP contribution < -0.4 is 0 Å². The quantitative estimate of drug-likeness (QED) is 0.675. The second-order valence-electron chi connectivity index (χ2n) is 4.87. The van der Waals surface area contributed by atoms with Gasteiger partial charge >= 0.3 is 0 Å². The summed E-state index contributed by atoms with van der Waals surface area (Å²) in [5.74, 6) is 1.06. The second-order valence-corrected chi connectivity index (χ2v) is 5.31. The van der Waals surface area contributed by atoms with Gasteiger partial charge in [0.15, 0.2) is 0 Å². The van der Waals surface area contributed by atoms with Gasteiger partial charge in [-0.15, -0.1) is 0 Å². The zero-order valence-corrected chi connectivity index (χ0v) is 12.5. The smallest absolute Gasteiger partial charge is 0.114 e. The molecule has 20 heavy (non-hydrogen) atoms. The average Bonchev–Trinajstić information content (AvgIpc) is 2.84. The molecule has 0 spiro atoms. The summed E-state index contributed by atoms with van der Waals surface area (Å²) >= 11 is 6.06. The molecule has 0 saturated heterocycles. The van der Waals surface area contributed by atoms with Crippen LogP contribution in [0.1, 0.15) is 25.2 Å². The molecule has 2 nitrogen and oxygen atoms in total. The molecule has 0 atom stereocenters. The predicted molar refractivity (Wildman–Crippen MR) is 84.8 cm³/mol. The van der Waals surface area contributed by atoms with E-state index in [4.69, 9.17) is 11.6 Å². The number of hydrogen-bond donors (Lipinski definition) is 0. The third-order valence-corrected chi connectivity index (χ3v) is 3.84. The number of halogens is 1. The van der Waals surface area contributed by atoms with Crippen LogP contribution in [0, 0.1) is 0 Å². The lowest BCUT2D eigenvalue weighted by Crippen LogP contribution is -2.00. The summed E-state index contributed by atoms with van der Waals surface area (Å²) in [7, 11) is 0. The Morgan fingerprint density at radius 3 is 2.40 bits per heavy atom. The minimum absolute atomic E-state index is 0.728. The zero-order valence-electron chi connectivity index (χ0n) is 11.7. The molecular formula is C17H17ClN2. The summed E-state index contributed by atoms with van der Waals surface area (Å²) in [6, 6.07) is 14.6. The van der Waals surface area contributed by atoms with E-state index in [1.807, 2.05) is 18.2 Å². The summed E-state index contributed by atoms with van der Waals surface area (Å²) in [5, 5.41) is 0.728. The molecule has 1 aromatic heterocycles. The summed E-state index contributed by atoms with van der Waals surface area (Å²) in [5.41, 5.74) is 4.56. The minimum atomic E-state index is 0.728. The molecule has 0 bridgehead atoms. The molecule has 0 radical (unpaired) electrons. The molecule has 102 valence electrons. The predicted octanol–water partition coefficient (Wildman–Crippen LogP) is 4.80. The molecular weight excluding hydrogens is 268 g/mol. The van der Waals surface area contributed by atoms with Gasteiger partial charge in [-0.3, -0.25) is 4.57 Å². The first-order valence-corrected chi connectivity index (χ1v) is 7.37. The largest absolute Gasteiger partial charge is 0.296 e. The fourth-order valence-electron chi connectivity index (χ4n) is 2.51. The van der Waals surface area contributed by atoms with E-state index in [9.17, 15) is 0 Å². The maximum Gasteiger partial charge on any atom is 0.114 e. The zero-order chi connectivity index (χ0) is 14.1. The number of rotatable bonds is 3. The first kappa shape index (κ1) is 13.2. The topological polar surface area (TPSA) is 17.8 Å². The molecule has 0 unspecified atom stereocenters. The first-order valence-electron chi connectivity index (χ1n) is 6.99.